The number of nitrogens with zero attached hydrogens (tertiary/aromatic N) is 3. The number of piperidine rings is 1. The number of aromatic nitrogens is 2. The fraction of sp³-hybridized carbons (Fsp3) is 0.381. The number of hydrogen-bond donors (Lipinski definition) is 1. The number of benzene rings is 1. The summed E-state index contributed by atoms with van der Waals surface area (Å²) in [5.74, 6) is 0.738. The molecule has 1 aromatic heterocycles. The SMILES string of the molecule is COC1=CC=C(c2cccc3ncnc(N4CCCC(C(=O)O)C4)c23)CC1. The van der Waals surface area contributed by atoms with E-state index >= 15 is 0 Å². The first-order chi connectivity index (χ1) is 13.2. The van der Waals surface area contributed by atoms with Gasteiger partial charge in [-0.25, -0.2) is 9.97 Å². The average molecular weight is 365 g/mol. The zero-order valence-corrected chi connectivity index (χ0v) is 15.4. The number of aliphatic carboxylic acids is 1. The van der Waals surface area contributed by atoms with Crippen LogP contribution in [-0.2, 0) is 9.53 Å². The van der Waals surface area contributed by atoms with Crippen molar-refractivity contribution < 1.29 is 14.6 Å². The molecule has 27 heavy (non-hydrogen) atoms. The molecule has 140 valence electrons. The van der Waals surface area contributed by atoms with Gasteiger partial charge in [0, 0.05) is 19.5 Å². The maximum Gasteiger partial charge on any atom is 0.308 e. The summed E-state index contributed by atoms with van der Waals surface area (Å²) in [5.41, 5.74) is 3.23. The van der Waals surface area contributed by atoms with Gasteiger partial charge in [-0.05, 0) is 42.5 Å². The standard InChI is InChI=1S/C21H23N3O3/c1-27-16-9-7-14(8-10-16)17-5-2-6-18-19(17)20(23-13-22-18)24-11-3-4-15(12-24)21(25)26/h2,5-7,9,13,15H,3-4,8,10-12H2,1H3,(H,25,26). The minimum Gasteiger partial charge on any atom is -0.501 e. The lowest BCUT2D eigenvalue weighted by Gasteiger charge is -2.32. The molecule has 1 aliphatic heterocycles. The van der Waals surface area contributed by atoms with E-state index in [-0.39, 0.29) is 5.92 Å². The molecular weight excluding hydrogens is 342 g/mol. The van der Waals surface area contributed by atoms with Crippen molar-refractivity contribution in [1.82, 2.24) is 9.97 Å². The van der Waals surface area contributed by atoms with Crippen LogP contribution < -0.4 is 4.90 Å². The largest absolute Gasteiger partial charge is 0.501 e. The molecule has 6 nitrogen and oxygen atoms in total. The Balaban J connectivity index is 1.80. The lowest BCUT2D eigenvalue weighted by atomic mass is 9.92. The van der Waals surface area contributed by atoms with Crippen LogP contribution in [0.4, 0.5) is 5.82 Å². The van der Waals surface area contributed by atoms with Crippen molar-refractivity contribution in [3.63, 3.8) is 0 Å². The van der Waals surface area contributed by atoms with Crippen LogP contribution in [0.3, 0.4) is 0 Å². The molecule has 0 radical (unpaired) electrons. The normalized spacial score (nSPS) is 20.2. The van der Waals surface area contributed by atoms with Crippen LogP contribution in [0.5, 0.6) is 0 Å². The van der Waals surface area contributed by atoms with E-state index in [2.05, 4.69) is 27.0 Å². The molecule has 1 aromatic carbocycles. The highest BCUT2D eigenvalue weighted by Crippen LogP contribution is 2.36. The van der Waals surface area contributed by atoms with Crippen LogP contribution in [0.25, 0.3) is 16.5 Å². The van der Waals surface area contributed by atoms with Crippen LogP contribution in [0.1, 0.15) is 31.2 Å². The number of methoxy groups -OCH3 is 1. The van der Waals surface area contributed by atoms with Crippen molar-refractivity contribution >= 4 is 28.3 Å². The lowest BCUT2D eigenvalue weighted by Crippen LogP contribution is -2.39. The summed E-state index contributed by atoms with van der Waals surface area (Å²) >= 11 is 0. The van der Waals surface area contributed by atoms with E-state index in [1.165, 1.54) is 5.57 Å². The molecule has 2 heterocycles. The van der Waals surface area contributed by atoms with Crippen molar-refractivity contribution in [2.45, 2.75) is 25.7 Å². The van der Waals surface area contributed by atoms with Crippen molar-refractivity contribution in [1.29, 1.82) is 0 Å². The molecule has 6 heteroatoms. The van der Waals surface area contributed by atoms with Gasteiger partial charge in [-0.3, -0.25) is 4.79 Å². The quantitative estimate of drug-likeness (QED) is 0.892. The van der Waals surface area contributed by atoms with Crippen molar-refractivity contribution in [2.24, 2.45) is 5.92 Å². The summed E-state index contributed by atoms with van der Waals surface area (Å²) in [4.78, 5) is 22.6. The van der Waals surface area contributed by atoms with E-state index in [0.29, 0.717) is 6.54 Å². The third-order valence-electron chi connectivity index (χ3n) is 5.43. The summed E-state index contributed by atoms with van der Waals surface area (Å²) < 4.78 is 5.34. The molecule has 0 bridgehead atoms. The molecule has 2 aromatic rings. The topological polar surface area (TPSA) is 75.6 Å². The number of rotatable bonds is 4. The maximum absolute atomic E-state index is 11.5. The molecule has 2 aliphatic rings. The minimum absolute atomic E-state index is 0.350. The number of ether oxygens (including phenoxy) is 1. The Labute approximate surface area is 158 Å². The van der Waals surface area contributed by atoms with E-state index in [4.69, 9.17) is 4.74 Å². The fourth-order valence-electron chi connectivity index (χ4n) is 3.98. The number of hydrogen-bond acceptors (Lipinski definition) is 5. The second kappa shape index (κ2) is 7.39. The number of allylic oxidation sites excluding steroid dienone is 4. The van der Waals surface area contributed by atoms with Crippen LogP contribution in [0.15, 0.2) is 42.4 Å². The first-order valence-electron chi connectivity index (χ1n) is 9.33. The predicted molar refractivity (Wildman–Crippen MR) is 104 cm³/mol. The first-order valence-corrected chi connectivity index (χ1v) is 9.33. The van der Waals surface area contributed by atoms with Crippen molar-refractivity contribution in [2.75, 3.05) is 25.1 Å². The highest BCUT2D eigenvalue weighted by atomic mass is 16.5. The molecule has 1 saturated heterocycles. The van der Waals surface area contributed by atoms with Crippen molar-refractivity contribution in [3.8, 4) is 0 Å². The van der Waals surface area contributed by atoms with Gasteiger partial charge in [-0.2, -0.15) is 0 Å². The van der Waals surface area contributed by atoms with E-state index in [0.717, 1.165) is 60.3 Å². The van der Waals surface area contributed by atoms with E-state index < -0.39 is 5.97 Å². The molecular formula is C21H23N3O3. The van der Waals surface area contributed by atoms with Gasteiger partial charge < -0.3 is 14.7 Å². The number of carbonyl (C=O) groups is 1. The second-order valence-corrected chi connectivity index (χ2v) is 7.05. The number of anilines is 1. The lowest BCUT2D eigenvalue weighted by molar-refractivity contribution is -0.141. The van der Waals surface area contributed by atoms with Crippen LogP contribution in [0, 0.1) is 5.92 Å². The van der Waals surface area contributed by atoms with Crippen LogP contribution >= 0.6 is 0 Å². The van der Waals surface area contributed by atoms with E-state index in [1.807, 2.05) is 18.2 Å². The smallest absolute Gasteiger partial charge is 0.308 e. The zero-order valence-electron chi connectivity index (χ0n) is 15.4. The maximum atomic E-state index is 11.5. The third kappa shape index (κ3) is 3.39. The van der Waals surface area contributed by atoms with Gasteiger partial charge in [0.1, 0.15) is 12.1 Å². The summed E-state index contributed by atoms with van der Waals surface area (Å²) in [6.45, 7) is 1.31. The van der Waals surface area contributed by atoms with E-state index in [1.54, 1.807) is 13.4 Å². The molecule has 0 spiro atoms. The Morgan fingerprint density at radius 2 is 2.15 bits per heavy atom. The van der Waals surface area contributed by atoms with Gasteiger partial charge in [0.05, 0.1) is 29.7 Å². The Hall–Kier alpha value is -2.89. The van der Waals surface area contributed by atoms with E-state index in [9.17, 15) is 9.90 Å². The third-order valence-corrected chi connectivity index (χ3v) is 5.43. The monoisotopic (exact) mass is 365 g/mol. The second-order valence-electron chi connectivity index (χ2n) is 7.05. The molecule has 1 aliphatic carbocycles. The Kier molecular flexibility index (Phi) is 4.79. The number of carboxylic acids is 1. The van der Waals surface area contributed by atoms with Gasteiger partial charge in [0.2, 0.25) is 0 Å². The first kappa shape index (κ1) is 17.5. The van der Waals surface area contributed by atoms with Gasteiger partial charge in [0.15, 0.2) is 0 Å². The fourth-order valence-corrected chi connectivity index (χ4v) is 3.98. The zero-order chi connectivity index (χ0) is 18.8. The molecule has 1 unspecified atom stereocenters. The molecule has 1 atom stereocenters. The summed E-state index contributed by atoms with van der Waals surface area (Å²) in [6, 6.07) is 6.11. The highest BCUT2D eigenvalue weighted by molar-refractivity contribution is 5.99. The highest BCUT2D eigenvalue weighted by Gasteiger charge is 2.28. The van der Waals surface area contributed by atoms with Crippen LogP contribution in [0.2, 0.25) is 0 Å². The summed E-state index contributed by atoms with van der Waals surface area (Å²) in [7, 11) is 1.70. The van der Waals surface area contributed by atoms with Gasteiger partial charge in [0.25, 0.3) is 0 Å². The molecule has 0 amide bonds. The summed E-state index contributed by atoms with van der Waals surface area (Å²) in [5, 5.41) is 10.4. The van der Waals surface area contributed by atoms with Crippen molar-refractivity contribution in [3.05, 3.63) is 48.0 Å². The Morgan fingerprint density at radius 1 is 1.26 bits per heavy atom. The molecule has 1 fully saturated rings. The minimum atomic E-state index is -0.731. The van der Waals surface area contributed by atoms with Gasteiger partial charge in [-0.15, -0.1) is 0 Å². The number of carboxylic acid groups (broad SMARTS) is 1. The number of fused-ring (bicyclic) bond motifs is 1. The Bertz CT molecular complexity index is 930. The Morgan fingerprint density at radius 3 is 2.89 bits per heavy atom. The predicted octanol–water partition coefficient (Wildman–Crippen LogP) is 3.64. The molecule has 4 rings (SSSR count). The molecule has 1 N–H and O–H groups in total. The van der Waals surface area contributed by atoms with Crippen LogP contribution in [-0.4, -0.2) is 41.2 Å². The molecule has 0 saturated carbocycles. The average Bonchev–Trinajstić information content (AvgIpc) is 2.73. The van der Waals surface area contributed by atoms with Gasteiger partial charge >= 0.3 is 5.97 Å². The summed E-state index contributed by atoms with van der Waals surface area (Å²) in [6.07, 6.45) is 9.03. The van der Waals surface area contributed by atoms with Gasteiger partial charge in [-0.1, -0.05) is 18.2 Å².